The zero-order valence-electron chi connectivity index (χ0n) is 8.65. The number of para-hydroxylation sites is 1. The average Bonchev–Trinajstić information content (AvgIpc) is 2.65. The van der Waals surface area contributed by atoms with Crippen LogP contribution in [0.2, 0.25) is 0 Å². The molecule has 15 heavy (non-hydrogen) atoms. The largest absolute Gasteiger partial charge is 0.384 e. The number of fused-ring (bicyclic) bond motifs is 1. The van der Waals surface area contributed by atoms with Gasteiger partial charge in [0.15, 0.2) is 0 Å². The standard InChI is InChI=1S/C12H15ClN2/c1-9(13)7-14-8-11-4-2-3-10-5-6-15-12(10)11/h2-4,14-15H,1,5-8H2. The van der Waals surface area contributed by atoms with Gasteiger partial charge in [-0.3, -0.25) is 0 Å². The van der Waals surface area contributed by atoms with Gasteiger partial charge in [0, 0.05) is 30.4 Å². The van der Waals surface area contributed by atoms with Crippen LogP contribution in [0.1, 0.15) is 11.1 Å². The zero-order valence-corrected chi connectivity index (χ0v) is 9.40. The Balaban J connectivity index is 2.02. The topological polar surface area (TPSA) is 24.1 Å². The molecule has 0 saturated carbocycles. The van der Waals surface area contributed by atoms with Crippen molar-refractivity contribution in [2.45, 2.75) is 13.0 Å². The highest BCUT2D eigenvalue weighted by molar-refractivity contribution is 6.29. The first kappa shape index (κ1) is 10.5. The molecule has 0 spiro atoms. The fourth-order valence-electron chi connectivity index (χ4n) is 1.89. The molecule has 80 valence electrons. The summed E-state index contributed by atoms with van der Waals surface area (Å²) in [5.74, 6) is 0. The Labute approximate surface area is 95.3 Å². The lowest BCUT2D eigenvalue weighted by molar-refractivity contribution is 0.756. The molecular formula is C12H15ClN2. The summed E-state index contributed by atoms with van der Waals surface area (Å²) in [4.78, 5) is 0. The molecule has 1 aliphatic rings. The predicted molar refractivity (Wildman–Crippen MR) is 65.3 cm³/mol. The summed E-state index contributed by atoms with van der Waals surface area (Å²) in [6, 6.07) is 6.43. The molecule has 0 fully saturated rings. The number of hydrogen-bond donors (Lipinski definition) is 2. The van der Waals surface area contributed by atoms with Crippen molar-refractivity contribution in [1.29, 1.82) is 0 Å². The van der Waals surface area contributed by atoms with E-state index in [1.165, 1.54) is 16.8 Å². The quantitative estimate of drug-likeness (QED) is 0.818. The average molecular weight is 223 g/mol. The van der Waals surface area contributed by atoms with Crippen LogP contribution in [0.4, 0.5) is 5.69 Å². The summed E-state index contributed by atoms with van der Waals surface area (Å²) in [5.41, 5.74) is 4.02. The van der Waals surface area contributed by atoms with E-state index in [-0.39, 0.29) is 0 Å². The van der Waals surface area contributed by atoms with Crippen molar-refractivity contribution in [3.05, 3.63) is 40.9 Å². The van der Waals surface area contributed by atoms with Crippen molar-refractivity contribution in [1.82, 2.24) is 5.32 Å². The molecule has 3 heteroatoms. The Morgan fingerprint density at radius 2 is 2.40 bits per heavy atom. The van der Waals surface area contributed by atoms with E-state index in [1.54, 1.807) is 0 Å². The van der Waals surface area contributed by atoms with E-state index in [9.17, 15) is 0 Å². The molecule has 0 atom stereocenters. The van der Waals surface area contributed by atoms with E-state index >= 15 is 0 Å². The summed E-state index contributed by atoms with van der Waals surface area (Å²) < 4.78 is 0. The second kappa shape index (κ2) is 4.69. The first-order chi connectivity index (χ1) is 7.27. The van der Waals surface area contributed by atoms with Crippen LogP contribution >= 0.6 is 11.6 Å². The number of rotatable bonds is 4. The van der Waals surface area contributed by atoms with Gasteiger partial charge < -0.3 is 10.6 Å². The van der Waals surface area contributed by atoms with Crippen LogP contribution in [0.3, 0.4) is 0 Å². The highest BCUT2D eigenvalue weighted by Crippen LogP contribution is 2.26. The van der Waals surface area contributed by atoms with Gasteiger partial charge in [-0.2, -0.15) is 0 Å². The lowest BCUT2D eigenvalue weighted by atomic mass is 10.1. The number of hydrogen-bond acceptors (Lipinski definition) is 2. The molecule has 1 heterocycles. The van der Waals surface area contributed by atoms with E-state index in [0.29, 0.717) is 11.6 Å². The van der Waals surface area contributed by atoms with Gasteiger partial charge in [-0.15, -0.1) is 0 Å². The molecule has 2 N–H and O–H groups in total. The molecule has 1 aromatic carbocycles. The summed E-state index contributed by atoms with van der Waals surface area (Å²) in [6.45, 7) is 6.19. The molecule has 2 nitrogen and oxygen atoms in total. The molecule has 0 aromatic heterocycles. The van der Waals surface area contributed by atoms with Gasteiger partial charge >= 0.3 is 0 Å². The third-order valence-electron chi connectivity index (χ3n) is 2.57. The smallest absolute Gasteiger partial charge is 0.0419 e. The van der Waals surface area contributed by atoms with Crippen LogP contribution in [-0.4, -0.2) is 13.1 Å². The van der Waals surface area contributed by atoms with E-state index < -0.39 is 0 Å². The van der Waals surface area contributed by atoms with Gasteiger partial charge in [-0.25, -0.2) is 0 Å². The van der Waals surface area contributed by atoms with Gasteiger partial charge in [0.05, 0.1) is 0 Å². The Kier molecular flexibility index (Phi) is 3.29. The molecule has 0 aliphatic carbocycles. The van der Waals surface area contributed by atoms with Crippen LogP contribution in [0.15, 0.2) is 29.8 Å². The Hall–Kier alpha value is -0.990. The van der Waals surface area contributed by atoms with Gasteiger partial charge in [0.1, 0.15) is 0 Å². The number of nitrogens with one attached hydrogen (secondary N) is 2. The zero-order chi connectivity index (χ0) is 10.7. The molecule has 1 aliphatic heterocycles. The van der Waals surface area contributed by atoms with E-state index in [0.717, 1.165) is 19.5 Å². The predicted octanol–water partition coefficient (Wildman–Crippen LogP) is 2.50. The SMILES string of the molecule is C=C(Cl)CNCc1cccc2c1NCC2. The number of halogens is 1. The first-order valence-corrected chi connectivity index (χ1v) is 5.54. The van der Waals surface area contributed by atoms with Crippen LogP contribution in [-0.2, 0) is 13.0 Å². The molecular weight excluding hydrogens is 208 g/mol. The minimum atomic E-state index is 0.649. The van der Waals surface area contributed by atoms with E-state index in [4.69, 9.17) is 11.6 Å². The fraction of sp³-hybridized carbons (Fsp3) is 0.333. The van der Waals surface area contributed by atoms with Crippen LogP contribution in [0.5, 0.6) is 0 Å². The third-order valence-corrected chi connectivity index (χ3v) is 2.70. The molecule has 1 aromatic rings. The van der Waals surface area contributed by atoms with Gasteiger partial charge in [0.25, 0.3) is 0 Å². The van der Waals surface area contributed by atoms with Crippen LogP contribution in [0.25, 0.3) is 0 Å². The minimum absolute atomic E-state index is 0.649. The highest BCUT2D eigenvalue weighted by atomic mass is 35.5. The van der Waals surface area contributed by atoms with Crippen LogP contribution < -0.4 is 10.6 Å². The molecule has 0 unspecified atom stereocenters. The Bertz CT molecular complexity index is 374. The van der Waals surface area contributed by atoms with Crippen molar-refractivity contribution in [3.63, 3.8) is 0 Å². The summed E-state index contributed by atoms with van der Waals surface area (Å²) in [6.07, 6.45) is 1.13. The summed E-state index contributed by atoms with van der Waals surface area (Å²) >= 11 is 5.69. The van der Waals surface area contributed by atoms with Crippen molar-refractivity contribution < 1.29 is 0 Å². The van der Waals surface area contributed by atoms with Gasteiger partial charge in [0.2, 0.25) is 0 Å². The maximum absolute atomic E-state index is 5.69. The summed E-state index contributed by atoms with van der Waals surface area (Å²) in [7, 11) is 0. The molecule has 0 radical (unpaired) electrons. The fourth-order valence-corrected chi connectivity index (χ4v) is 1.99. The van der Waals surface area contributed by atoms with Gasteiger partial charge in [-0.05, 0) is 17.5 Å². The van der Waals surface area contributed by atoms with Crippen LogP contribution in [0, 0.1) is 0 Å². The summed E-state index contributed by atoms with van der Waals surface area (Å²) in [5, 5.41) is 7.32. The van der Waals surface area contributed by atoms with Crippen molar-refractivity contribution >= 4 is 17.3 Å². The highest BCUT2D eigenvalue weighted by Gasteiger charge is 2.12. The molecule has 0 saturated heterocycles. The lowest BCUT2D eigenvalue weighted by Gasteiger charge is -2.09. The van der Waals surface area contributed by atoms with E-state index in [1.807, 2.05) is 0 Å². The molecule has 0 amide bonds. The third kappa shape index (κ3) is 2.52. The maximum Gasteiger partial charge on any atom is 0.0419 e. The van der Waals surface area contributed by atoms with Crippen molar-refractivity contribution in [2.24, 2.45) is 0 Å². The Morgan fingerprint density at radius 1 is 1.53 bits per heavy atom. The maximum atomic E-state index is 5.69. The monoisotopic (exact) mass is 222 g/mol. The first-order valence-electron chi connectivity index (χ1n) is 5.16. The minimum Gasteiger partial charge on any atom is -0.384 e. The number of benzene rings is 1. The molecule has 2 rings (SSSR count). The lowest BCUT2D eigenvalue weighted by Crippen LogP contribution is -2.15. The second-order valence-electron chi connectivity index (χ2n) is 3.75. The molecule has 0 bridgehead atoms. The second-order valence-corrected chi connectivity index (χ2v) is 4.28. The van der Waals surface area contributed by atoms with Crippen molar-refractivity contribution in [2.75, 3.05) is 18.4 Å². The normalized spacial score (nSPS) is 13.4. The van der Waals surface area contributed by atoms with E-state index in [2.05, 4.69) is 35.4 Å². The van der Waals surface area contributed by atoms with Crippen molar-refractivity contribution in [3.8, 4) is 0 Å². The Morgan fingerprint density at radius 3 is 3.20 bits per heavy atom. The van der Waals surface area contributed by atoms with Gasteiger partial charge in [-0.1, -0.05) is 36.4 Å². The number of anilines is 1.